The van der Waals surface area contributed by atoms with Gasteiger partial charge in [-0.15, -0.1) is 0 Å². The van der Waals surface area contributed by atoms with Crippen LogP contribution in [0.3, 0.4) is 0 Å². The number of rotatable bonds is 4. The third kappa shape index (κ3) is 2.58. The maximum atomic E-state index is 12.9. The Hall–Kier alpha value is -2.44. The Kier molecular flexibility index (Phi) is 3.32. The minimum absolute atomic E-state index is 0.0533. The van der Waals surface area contributed by atoms with Gasteiger partial charge >= 0.3 is 0 Å². The van der Waals surface area contributed by atoms with E-state index in [1.165, 1.54) is 4.68 Å². The molecular formula is C14H14F2N4O. The van der Waals surface area contributed by atoms with Gasteiger partial charge in [-0.1, -0.05) is 0 Å². The SMILES string of the molecule is Cc1cc2[nH]ncc2cc1OCc1cn(C)nc1C(F)F. The minimum Gasteiger partial charge on any atom is -0.488 e. The number of fused-ring (bicyclic) bond motifs is 1. The number of nitrogens with one attached hydrogen (secondary N) is 1. The van der Waals surface area contributed by atoms with Gasteiger partial charge in [-0.3, -0.25) is 9.78 Å². The number of halogens is 2. The maximum absolute atomic E-state index is 12.9. The van der Waals surface area contributed by atoms with E-state index in [4.69, 9.17) is 4.74 Å². The average Bonchev–Trinajstić information content (AvgIpc) is 3.01. The van der Waals surface area contributed by atoms with Crippen LogP contribution in [0.15, 0.2) is 24.5 Å². The smallest absolute Gasteiger partial charge is 0.282 e. The molecule has 5 nitrogen and oxygen atoms in total. The number of ether oxygens (including phenoxy) is 1. The maximum Gasteiger partial charge on any atom is 0.282 e. The van der Waals surface area contributed by atoms with Crippen LogP contribution in [0.2, 0.25) is 0 Å². The standard InChI is InChI=1S/C14H14F2N4O/c1-8-3-11-9(5-17-18-11)4-12(8)21-7-10-6-20(2)19-13(10)14(15)16/h3-6,14H,7H2,1-2H3,(H,17,18). The highest BCUT2D eigenvalue weighted by atomic mass is 19.3. The molecule has 3 aromatic rings. The molecule has 1 N–H and O–H groups in total. The second kappa shape index (κ2) is 5.16. The summed E-state index contributed by atoms with van der Waals surface area (Å²) in [5.41, 5.74) is 1.97. The van der Waals surface area contributed by atoms with Gasteiger partial charge in [0.2, 0.25) is 0 Å². The van der Waals surface area contributed by atoms with Gasteiger partial charge in [0.1, 0.15) is 18.1 Å². The van der Waals surface area contributed by atoms with Crippen molar-refractivity contribution in [2.24, 2.45) is 7.05 Å². The van der Waals surface area contributed by atoms with Crippen molar-refractivity contribution >= 4 is 10.9 Å². The van der Waals surface area contributed by atoms with Crippen molar-refractivity contribution in [3.63, 3.8) is 0 Å². The number of alkyl halides is 2. The summed E-state index contributed by atoms with van der Waals surface area (Å²) in [6.45, 7) is 1.95. The van der Waals surface area contributed by atoms with Gasteiger partial charge in [0.15, 0.2) is 0 Å². The number of nitrogens with zero attached hydrogens (tertiary/aromatic N) is 3. The molecule has 0 fully saturated rings. The second-order valence-corrected chi connectivity index (χ2v) is 4.88. The lowest BCUT2D eigenvalue weighted by molar-refractivity contribution is 0.142. The van der Waals surface area contributed by atoms with E-state index >= 15 is 0 Å². The molecule has 2 heterocycles. The van der Waals surface area contributed by atoms with E-state index in [1.54, 1.807) is 19.4 Å². The fourth-order valence-corrected chi connectivity index (χ4v) is 2.24. The zero-order valence-corrected chi connectivity index (χ0v) is 11.6. The number of aromatic nitrogens is 4. The van der Waals surface area contributed by atoms with E-state index in [2.05, 4.69) is 15.3 Å². The first-order valence-corrected chi connectivity index (χ1v) is 6.41. The number of benzene rings is 1. The molecule has 0 atom stereocenters. The topological polar surface area (TPSA) is 55.7 Å². The third-order valence-electron chi connectivity index (χ3n) is 3.26. The normalized spacial score (nSPS) is 11.5. The lowest BCUT2D eigenvalue weighted by Gasteiger charge is -2.09. The van der Waals surface area contributed by atoms with Crippen molar-refractivity contribution in [1.29, 1.82) is 0 Å². The number of H-pyrrole nitrogens is 1. The molecule has 0 radical (unpaired) electrons. The van der Waals surface area contributed by atoms with E-state index in [0.717, 1.165) is 16.5 Å². The number of aromatic amines is 1. The predicted octanol–water partition coefficient (Wildman–Crippen LogP) is 3.12. The largest absolute Gasteiger partial charge is 0.488 e. The van der Waals surface area contributed by atoms with Crippen molar-refractivity contribution in [2.75, 3.05) is 0 Å². The molecule has 3 rings (SSSR count). The highest BCUT2D eigenvalue weighted by molar-refractivity contribution is 5.80. The molecule has 0 aliphatic carbocycles. The molecule has 21 heavy (non-hydrogen) atoms. The Morgan fingerprint density at radius 2 is 2.19 bits per heavy atom. The number of hydrogen-bond acceptors (Lipinski definition) is 3. The van der Waals surface area contributed by atoms with Crippen molar-refractivity contribution in [3.8, 4) is 5.75 Å². The van der Waals surface area contributed by atoms with Gasteiger partial charge < -0.3 is 4.74 Å². The molecular weight excluding hydrogens is 278 g/mol. The molecule has 2 aromatic heterocycles. The number of hydrogen-bond donors (Lipinski definition) is 1. The van der Waals surface area contributed by atoms with Gasteiger partial charge in [0.25, 0.3) is 6.43 Å². The fourth-order valence-electron chi connectivity index (χ4n) is 2.24. The quantitative estimate of drug-likeness (QED) is 0.803. The zero-order valence-electron chi connectivity index (χ0n) is 11.6. The van der Waals surface area contributed by atoms with E-state index < -0.39 is 6.43 Å². The first kappa shape index (κ1) is 13.5. The van der Waals surface area contributed by atoms with Crippen LogP contribution in [0.4, 0.5) is 8.78 Å². The molecule has 0 aliphatic rings. The van der Waals surface area contributed by atoms with Crippen LogP contribution >= 0.6 is 0 Å². The highest BCUT2D eigenvalue weighted by Crippen LogP contribution is 2.26. The second-order valence-electron chi connectivity index (χ2n) is 4.88. The minimum atomic E-state index is -2.61. The van der Waals surface area contributed by atoms with Crippen LogP contribution in [0, 0.1) is 6.92 Å². The lowest BCUT2D eigenvalue weighted by atomic mass is 10.1. The molecule has 1 aromatic carbocycles. The molecule has 0 aliphatic heterocycles. The van der Waals surface area contributed by atoms with Crippen LogP contribution in [0.5, 0.6) is 5.75 Å². The molecule has 110 valence electrons. The van der Waals surface area contributed by atoms with E-state index in [1.807, 2.05) is 19.1 Å². The van der Waals surface area contributed by atoms with Gasteiger partial charge in [0, 0.05) is 24.2 Å². The number of aryl methyl sites for hydroxylation is 2. The first-order chi connectivity index (χ1) is 10.0. The molecule has 0 unspecified atom stereocenters. The monoisotopic (exact) mass is 292 g/mol. The van der Waals surface area contributed by atoms with Gasteiger partial charge in [-0.25, -0.2) is 8.78 Å². The van der Waals surface area contributed by atoms with Crippen LogP contribution in [0.25, 0.3) is 10.9 Å². The Bertz CT molecular complexity index is 778. The third-order valence-corrected chi connectivity index (χ3v) is 3.26. The van der Waals surface area contributed by atoms with Crippen LogP contribution in [0.1, 0.15) is 23.2 Å². The van der Waals surface area contributed by atoms with Crippen LogP contribution < -0.4 is 4.74 Å². The Labute approximate surface area is 119 Å². The summed E-state index contributed by atoms with van der Waals surface area (Å²) in [5, 5.41) is 11.5. The average molecular weight is 292 g/mol. The van der Waals surface area contributed by atoms with E-state index in [0.29, 0.717) is 11.3 Å². The highest BCUT2D eigenvalue weighted by Gasteiger charge is 2.18. The van der Waals surface area contributed by atoms with E-state index in [-0.39, 0.29) is 12.3 Å². The van der Waals surface area contributed by atoms with Gasteiger partial charge in [-0.2, -0.15) is 10.2 Å². The lowest BCUT2D eigenvalue weighted by Crippen LogP contribution is -2.00. The fraction of sp³-hybridized carbons (Fsp3) is 0.286. The van der Waals surface area contributed by atoms with Crippen LogP contribution in [-0.4, -0.2) is 20.0 Å². The Morgan fingerprint density at radius 3 is 2.95 bits per heavy atom. The summed E-state index contributed by atoms with van der Waals surface area (Å²) in [6, 6.07) is 3.75. The van der Waals surface area contributed by atoms with E-state index in [9.17, 15) is 8.78 Å². The van der Waals surface area contributed by atoms with Crippen molar-refractivity contribution in [1.82, 2.24) is 20.0 Å². The summed E-state index contributed by atoms with van der Waals surface area (Å²) < 4.78 is 32.8. The Balaban J connectivity index is 1.84. The molecule has 0 saturated heterocycles. The summed E-state index contributed by atoms with van der Waals surface area (Å²) in [7, 11) is 1.61. The molecule has 7 heteroatoms. The van der Waals surface area contributed by atoms with Crippen LogP contribution in [-0.2, 0) is 13.7 Å². The summed E-state index contributed by atoms with van der Waals surface area (Å²) >= 11 is 0. The summed E-state index contributed by atoms with van der Waals surface area (Å²) in [4.78, 5) is 0. The summed E-state index contributed by atoms with van der Waals surface area (Å²) in [5.74, 6) is 0.646. The Morgan fingerprint density at radius 1 is 1.38 bits per heavy atom. The predicted molar refractivity (Wildman–Crippen MR) is 73.3 cm³/mol. The van der Waals surface area contributed by atoms with Gasteiger partial charge in [-0.05, 0) is 24.6 Å². The zero-order chi connectivity index (χ0) is 15.0. The van der Waals surface area contributed by atoms with Crippen molar-refractivity contribution in [3.05, 3.63) is 41.3 Å². The molecule has 0 spiro atoms. The molecule has 0 amide bonds. The molecule has 0 saturated carbocycles. The van der Waals surface area contributed by atoms with Crippen molar-refractivity contribution in [2.45, 2.75) is 20.0 Å². The first-order valence-electron chi connectivity index (χ1n) is 6.41. The summed E-state index contributed by atoms with van der Waals surface area (Å²) in [6.07, 6.45) is 0.631. The van der Waals surface area contributed by atoms with Crippen molar-refractivity contribution < 1.29 is 13.5 Å². The van der Waals surface area contributed by atoms with Gasteiger partial charge in [0.05, 0.1) is 11.7 Å². The molecule has 0 bridgehead atoms.